The maximum Gasteiger partial charge on any atom is 0.269 e. The average Bonchev–Trinajstić information content (AvgIpc) is 2.38. The highest BCUT2D eigenvalue weighted by Gasteiger charge is 2.21. The number of aliphatic hydroxyl groups is 1. The predicted octanol–water partition coefficient (Wildman–Crippen LogP) is 1.10. The highest BCUT2D eigenvalue weighted by atomic mass is 16.6. The van der Waals surface area contributed by atoms with Gasteiger partial charge in [0.05, 0.1) is 24.2 Å². The fourth-order valence-electron chi connectivity index (χ4n) is 2.16. The molecule has 18 heavy (non-hydrogen) atoms. The molecule has 0 spiro atoms. The van der Waals surface area contributed by atoms with Crippen molar-refractivity contribution in [1.29, 1.82) is 0 Å². The molecule has 0 bridgehead atoms. The molecular formula is C12H16N2O4. The number of nitro benzene ring substituents is 1. The van der Waals surface area contributed by atoms with E-state index in [1.54, 1.807) is 12.1 Å². The molecule has 1 atom stereocenters. The molecule has 1 heterocycles. The first-order valence-corrected chi connectivity index (χ1v) is 5.84. The van der Waals surface area contributed by atoms with Gasteiger partial charge in [0.15, 0.2) is 0 Å². The van der Waals surface area contributed by atoms with Crippen molar-refractivity contribution in [2.75, 3.05) is 31.2 Å². The van der Waals surface area contributed by atoms with Crippen LogP contribution in [-0.2, 0) is 4.74 Å². The van der Waals surface area contributed by atoms with Crippen molar-refractivity contribution in [3.8, 4) is 0 Å². The predicted molar refractivity (Wildman–Crippen MR) is 66.9 cm³/mol. The van der Waals surface area contributed by atoms with E-state index >= 15 is 0 Å². The van der Waals surface area contributed by atoms with Crippen molar-refractivity contribution in [2.45, 2.75) is 13.0 Å². The first-order chi connectivity index (χ1) is 8.61. The summed E-state index contributed by atoms with van der Waals surface area (Å²) in [4.78, 5) is 12.4. The highest BCUT2D eigenvalue weighted by molar-refractivity contribution is 5.57. The van der Waals surface area contributed by atoms with Gasteiger partial charge in [-0.2, -0.15) is 0 Å². The molecule has 6 heteroatoms. The number of hydrogen-bond acceptors (Lipinski definition) is 5. The number of aliphatic hydroxyl groups excluding tert-OH is 1. The molecule has 0 aromatic heterocycles. The molecule has 1 saturated heterocycles. The number of morpholine rings is 1. The molecule has 1 unspecified atom stereocenters. The van der Waals surface area contributed by atoms with E-state index in [2.05, 4.69) is 4.90 Å². The average molecular weight is 252 g/mol. The highest BCUT2D eigenvalue weighted by Crippen LogP contribution is 2.26. The number of hydrogen-bond donors (Lipinski definition) is 1. The molecule has 1 N–H and O–H groups in total. The van der Waals surface area contributed by atoms with Crippen LogP contribution in [0.1, 0.15) is 5.56 Å². The van der Waals surface area contributed by atoms with Crippen LogP contribution < -0.4 is 4.90 Å². The van der Waals surface area contributed by atoms with Crippen LogP contribution in [-0.4, -0.2) is 42.4 Å². The normalized spacial score (nSPS) is 19.9. The quantitative estimate of drug-likeness (QED) is 0.644. The van der Waals surface area contributed by atoms with Crippen LogP contribution in [0.5, 0.6) is 0 Å². The number of nitrogens with zero attached hydrogens (tertiary/aromatic N) is 2. The first-order valence-electron chi connectivity index (χ1n) is 5.84. The number of non-ortho nitro benzene ring substituents is 1. The van der Waals surface area contributed by atoms with E-state index in [1.165, 1.54) is 6.07 Å². The summed E-state index contributed by atoms with van der Waals surface area (Å²) in [6, 6.07) is 4.83. The van der Waals surface area contributed by atoms with Gasteiger partial charge in [0.1, 0.15) is 0 Å². The number of rotatable bonds is 3. The number of nitro groups is 1. The second-order valence-electron chi connectivity index (χ2n) is 4.35. The number of aryl methyl sites for hydroxylation is 1. The van der Waals surface area contributed by atoms with E-state index in [-0.39, 0.29) is 18.4 Å². The molecular weight excluding hydrogens is 236 g/mol. The largest absolute Gasteiger partial charge is 0.394 e. The SMILES string of the molecule is Cc1cc([N+](=O)[O-])ccc1N1CCOC(CO)C1. The smallest absolute Gasteiger partial charge is 0.269 e. The Morgan fingerprint density at radius 3 is 3.00 bits per heavy atom. The third-order valence-corrected chi connectivity index (χ3v) is 3.07. The van der Waals surface area contributed by atoms with Crippen molar-refractivity contribution in [2.24, 2.45) is 0 Å². The van der Waals surface area contributed by atoms with Crippen molar-refractivity contribution in [1.82, 2.24) is 0 Å². The minimum atomic E-state index is -0.396. The number of benzene rings is 1. The lowest BCUT2D eigenvalue weighted by molar-refractivity contribution is -0.384. The van der Waals surface area contributed by atoms with Gasteiger partial charge in [-0.25, -0.2) is 0 Å². The molecule has 0 aliphatic carbocycles. The summed E-state index contributed by atoms with van der Waals surface area (Å²) in [5.41, 5.74) is 1.92. The molecule has 98 valence electrons. The zero-order valence-electron chi connectivity index (χ0n) is 10.2. The molecule has 1 aliphatic heterocycles. The minimum absolute atomic E-state index is 0.0114. The van der Waals surface area contributed by atoms with Crippen LogP contribution in [0.3, 0.4) is 0 Å². The summed E-state index contributed by atoms with van der Waals surface area (Å²) >= 11 is 0. The van der Waals surface area contributed by atoms with E-state index in [4.69, 9.17) is 9.84 Å². The fraction of sp³-hybridized carbons (Fsp3) is 0.500. The Kier molecular flexibility index (Phi) is 3.78. The Balaban J connectivity index is 2.20. The van der Waals surface area contributed by atoms with Crippen molar-refractivity contribution >= 4 is 11.4 Å². The lowest BCUT2D eigenvalue weighted by atomic mass is 10.1. The second-order valence-corrected chi connectivity index (χ2v) is 4.35. The topological polar surface area (TPSA) is 75.8 Å². The van der Waals surface area contributed by atoms with E-state index in [1.807, 2.05) is 6.92 Å². The summed E-state index contributed by atoms with van der Waals surface area (Å²) in [5, 5.41) is 19.8. The minimum Gasteiger partial charge on any atom is -0.394 e. The van der Waals surface area contributed by atoms with Gasteiger partial charge >= 0.3 is 0 Å². The van der Waals surface area contributed by atoms with Crippen molar-refractivity contribution in [3.05, 3.63) is 33.9 Å². The van der Waals surface area contributed by atoms with E-state index in [0.29, 0.717) is 13.2 Å². The Hall–Kier alpha value is -1.66. The molecule has 1 fully saturated rings. The van der Waals surface area contributed by atoms with E-state index < -0.39 is 4.92 Å². The van der Waals surface area contributed by atoms with Gasteiger partial charge in [-0.15, -0.1) is 0 Å². The summed E-state index contributed by atoms with van der Waals surface area (Å²) in [5.74, 6) is 0. The Morgan fingerprint density at radius 2 is 2.39 bits per heavy atom. The lowest BCUT2D eigenvalue weighted by Gasteiger charge is -2.34. The molecule has 2 rings (SSSR count). The molecule has 0 radical (unpaired) electrons. The summed E-state index contributed by atoms with van der Waals surface area (Å²) < 4.78 is 5.38. The van der Waals surface area contributed by atoms with E-state index in [9.17, 15) is 10.1 Å². The molecule has 0 saturated carbocycles. The van der Waals surface area contributed by atoms with Crippen LogP contribution in [0.2, 0.25) is 0 Å². The molecule has 1 aromatic rings. The third kappa shape index (κ3) is 2.60. The third-order valence-electron chi connectivity index (χ3n) is 3.07. The van der Waals surface area contributed by atoms with E-state index in [0.717, 1.165) is 17.8 Å². The molecule has 6 nitrogen and oxygen atoms in total. The summed E-state index contributed by atoms with van der Waals surface area (Å²) in [6.07, 6.45) is -0.187. The van der Waals surface area contributed by atoms with Crippen molar-refractivity contribution in [3.63, 3.8) is 0 Å². The van der Waals surface area contributed by atoms with Gasteiger partial charge in [-0.3, -0.25) is 10.1 Å². The molecule has 0 amide bonds. The summed E-state index contributed by atoms with van der Waals surface area (Å²) in [7, 11) is 0. The maximum absolute atomic E-state index is 10.7. The van der Waals surface area contributed by atoms with Gasteiger partial charge < -0.3 is 14.7 Å². The molecule has 1 aromatic carbocycles. The van der Waals surface area contributed by atoms with Crippen LogP contribution in [0.15, 0.2) is 18.2 Å². The van der Waals surface area contributed by atoms with Crippen LogP contribution >= 0.6 is 0 Å². The maximum atomic E-state index is 10.7. The van der Waals surface area contributed by atoms with Crippen LogP contribution in [0.25, 0.3) is 0 Å². The van der Waals surface area contributed by atoms with Crippen LogP contribution in [0.4, 0.5) is 11.4 Å². The first kappa shape index (κ1) is 12.8. The zero-order valence-corrected chi connectivity index (χ0v) is 10.2. The van der Waals surface area contributed by atoms with Gasteiger partial charge in [0.2, 0.25) is 0 Å². The zero-order chi connectivity index (χ0) is 13.1. The number of ether oxygens (including phenoxy) is 1. The Morgan fingerprint density at radius 1 is 1.61 bits per heavy atom. The Bertz CT molecular complexity index is 450. The standard InChI is InChI=1S/C12H16N2O4/c1-9-6-10(14(16)17)2-3-12(9)13-4-5-18-11(7-13)8-15/h2-3,6,11,15H,4-5,7-8H2,1H3. The lowest BCUT2D eigenvalue weighted by Crippen LogP contribution is -2.44. The van der Waals surface area contributed by atoms with Gasteiger partial charge in [0, 0.05) is 30.9 Å². The second kappa shape index (κ2) is 5.32. The van der Waals surface area contributed by atoms with Gasteiger partial charge in [-0.05, 0) is 18.6 Å². The summed E-state index contributed by atoms with van der Waals surface area (Å²) in [6.45, 7) is 3.74. The monoisotopic (exact) mass is 252 g/mol. The number of anilines is 1. The fourth-order valence-corrected chi connectivity index (χ4v) is 2.16. The van der Waals surface area contributed by atoms with Gasteiger partial charge in [0.25, 0.3) is 5.69 Å². The Labute approximate surface area is 105 Å². The van der Waals surface area contributed by atoms with Crippen LogP contribution in [0, 0.1) is 17.0 Å². The van der Waals surface area contributed by atoms with Crippen molar-refractivity contribution < 1.29 is 14.8 Å². The van der Waals surface area contributed by atoms with Gasteiger partial charge in [-0.1, -0.05) is 0 Å². The molecule has 1 aliphatic rings.